The number of fused-ring (bicyclic) bond motifs is 1. The van der Waals surface area contributed by atoms with Crippen LogP contribution in [0.1, 0.15) is 78.4 Å². The lowest BCUT2D eigenvalue weighted by Gasteiger charge is -2.35. The van der Waals surface area contributed by atoms with Crippen molar-refractivity contribution in [2.24, 2.45) is 0 Å². The summed E-state index contributed by atoms with van der Waals surface area (Å²) in [4.78, 5) is 56.7. The SMILES string of the molecule is CC(C)n1ccc2c(N3CCC(=O)NC3=O)cc(C(=O)NCCOCCN3CCN(c4ccc(C(=O)N[C@H]5CC[C@H](Oc6ccc(C#N)c(Cl)c6)CC5)nn4)CC3)cc21. The number of amides is 5. The summed E-state index contributed by atoms with van der Waals surface area (Å²) >= 11 is 6.14. The first kappa shape index (κ1) is 41.4. The number of anilines is 2. The average Bonchev–Trinajstić information content (AvgIpc) is 3.68. The molecule has 17 heteroatoms. The monoisotopic (exact) mass is 824 g/mol. The lowest BCUT2D eigenvalue weighted by molar-refractivity contribution is -0.120. The van der Waals surface area contributed by atoms with Crippen LogP contribution in [0.2, 0.25) is 5.02 Å². The largest absolute Gasteiger partial charge is 0.490 e. The van der Waals surface area contributed by atoms with Gasteiger partial charge in [-0.3, -0.25) is 29.5 Å². The summed E-state index contributed by atoms with van der Waals surface area (Å²) in [5, 5.41) is 27.3. The Balaban J connectivity index is 0.797. The minimum Gasteiger partial charge on any atom is -0.490 e. The number of benzene rings is 2. The van der Waals surface area contributed by atoms with Crippen molar-refractivity contribution in [1.29, 1.82) is 5.26 Å². The highest BCUT2D eigenvalue weighted by molar-refractivity contribution is 6.31. The highest BCUT2D eigenvalue weighted by Crippen LogP contribution is 2.33. The maximum atomic E-state index is 13.3. The third kappa shape index (κ3) is 10.1. The summed E-state index contributed by atoms with van der Waals surface area (Å²) in [5.74, 6) is 0.536. The van der Waals surface area contributed by atoms with Crippen molar-refractivity contribution in [3.05, 3.63) is 76.6 Å². The topological polar surface area (TPSA) is 187 Å². The number of aromatic nitrogens is 3. The van der Waals surface area contributed by atoms with E-state index in [0.29, 0.717) is 47.3 Å². The number of nitrogens with zero attached hydrogens (tertiary/aromatic N) is 7. The van der Waals surface area contributed by atoms with Crippen molar-refractivity contribution < 1.29 is 28.7 Å². The molecule has 3 aliphatic rings. The molecular weight excluding hydrogens is 776 g/mol. The lowest BCUT2D eigenvalue weighted by Crippen LogP contribution is -2.49. The van der Waals surface area contributed by atoms with E-state index in [9.17, 15) is 19.2 Å². The normalized spacial score (nSPS) is 18.8. The standard InChI is InChI=1S/C42H49ClN10O6/c1-27(2)52-14-11-33-36(52)23-29(24-37(33)53-15-12-39(54)47-42(53)57)40(55)45-13-21-58-22-20-50-16-18-51(19-17-50)38-10-9-35(48-49-38)41(56)46-30-4-7-31(8-5-30)59-32-6-3-28(26-44)34(43)25-32/h3,6,9-11,14,23-25,27,30-31H,4-5,7-8,12-13,15-22H2,1-2H3,(H,45,55)(H,46,56)(H,47,54,57)/t30-,31-. The lowest BCUT2D eigenvalue weighted by atomic mass is 9.93. The fourth-order valence-corrected chi connectivity index (χ4v) is 7.94. The molecule has 0 atom stereocenters. The predicted octanol–water partition coefficient (Wildman–Crippen LogP) is 4.67. The van der Waals surface area contributed by atoms with Crippen LogP contribution in [0.15, 0.2) is 54.7 Å². The smallest absolute Gasteiger partial charge is 0.328 e. The highest BCUT2D eigenvalue weighted by Gasteiger charge is 2.28. The third-order valence-electron chi connectivity index (χ3n) is 11.0. The Kier molecular flexibility index (Phi) is 13.2. The summed E-state index contributed by atoms with van der Waals surface area (Å²) in [6, 6.07) is 15.8. The number of carbonyl (C=O) groups excluding carboxylic acids is 4. The minimum atomic E-state index is -0.497. The van der Waals surface area contributed by atoms with Gasteiger partial charge in [-0.15, -0.1) is 10.2 Å². The van der Waals surface area contributed by atoms with E-state index in [1.54, 1.807) is 30.3 Å². The van der Waals surface area contributed by atoms with Gasteiger partial charge < -0.3 is 29.6 Å². The maximum Gasteiger partial charge on any atom is 0.328 e. The molecule has 310 valence electrons. The average molecular weight is 825 g/mol. The number of urea groups is 1. The van der Waals surface area contributed by atoms with Crippen LogP contribution in [0.3, 0.4) is 0 Å². The molecule has 1 saturated carbocycles. The molecule has 3 fully saturated rings. The Morgan fingerprint density at radius 2 is 1.76 bits per heavy atom. The zero-order valence-corrected chi connectivity index (χ0v) is 34.0. The summed E-state index contributed by atoms with van der Waals surface area (Å²) in [7, 11) is 0. The molecule has 2 aromatic heterocycles. The van der Waals surface area contributed by atoms with Crippen LogP contribution < -0.4 is 30.5 Å². The molecule has 16 nitrogen and oxygen atoms in total. The van der Waals surface area contributed by atoms with Crippen LogP contribution in [0, 0.1) is 11.3 Å². The van der Waals surface area contributed by atoms with Crippen molar-refractivity contribution in [3.63, 3.8) is 0 Å². The molecule has 4 aromatic rings. The Morgan fingerprint density at radius 1 is 0.966 bits per heavy atom. The molecule has 0 bridgehead atoms. The van der Waals surface area contributed by atoms with E-state index in [0.717, 1.165) is 75.1 Å². The second-order valence-corrected chi connectivity index (χ2v) is 15.7. The quantitative estimate of drug-likeness (QED) is 0.150. The molecule has 2 saturated heterocycles. The van der Waals surface area contributed by atoms with Gasteiger partial charge in [0.15, 0.2) is 11.5 Å². The molecular formula is C42H49ClN10O6. The second kappa shape index (κ2) is 18.9. The van der Waals surface area contributed by atoms with Gasteiger partial charge in [-0.25, -0.2) is 4.79 Å². The number of hydrogen-bond acceptors (Lipinski definition) is 11. The number of hydrogen-bond donors (Lipinski definition) is 3. The van der Waals surface area contributed by atoms with E-state index in [1.165, 1.54) is 4.90 Å². The Bertz CT molecular complexity index is 2210. The van der Waals surface area contributed by atoms with E-state index in [2.05, 4.69) is 54.4 Å². The van der Waals surface area contributed by atoms with Gasteiger partial charge in [-0.1, -0.05) is 11.6 Å². The fourth-order valence-electron chi connectivity index (χ4n) is 7.73. The number of nitrogens with one attached hydrogen (secondary N) is 3. The first-order valence-electron chi connectivity index (χ1n) is 20.2. The van der Waals surface area contributed by atoms with Gasteiger partial charge in [0.1, 0.15) is 11.8 Å². The fraction of sp³-hybridized carbons (Fsp3) is 0.452. The first-order chi connectivity index (χ1) is 28.6. The van der Waals surface area contributed by atoms with Crippen molar-refractivity contribution in [1.82, 2.24) is 35.6 Å². The van der Waals surface area contributed by atoms with Crippen LogP contribution in [0.4, 0.5) is 16.3 Å². The summed E-state index contributed by atoms with van der Waals surface area (Å²) < 4.78 is 14.0. The predicted molar refractivity (Wildman–Crippen MR) is 222 cm³/mol. The molecule has 7 rings (SSSR count). The van der Waals surface area contributed by atoms with Crippen LogP contribution in [-0.4, -0.2) is 115 Å². The van der Waals surface area contributed by atoms with E-state index < -0.39 is 6.03 Å². The molecule has 3 N–H and O–H groups in total. The molecule has 5 amide bonds. The van der Waals surface area contributed by atoms with Gasteiger partial charge in [-0.2, -0.15) is 5.26 Å². The van der Waals surface area contributed by atoms with Crippen LogP contribution >= 0.6 is 11.6 Å². The number of ether oxygens (including phenoxy) is 2. The molecule has 2 aliphatic heterocycles. The van der Waals surface area contributed by atoms with Crippen molar-refractivity contribution >= 4 is 57.8 Å². The van der Waals surface area contributed by atoms with Crippen molar-refractivity contribution in [3.8, 4) is 11.8 Å². The van der Waals surface area contributed by atoms with E-state index in [4.69, 9.17) is 26.3 Å². The highest BCUT2D eigenvalue weighted by atomic mass is 35.5. The molecule has 0 unspecified atom stereocenters. The van der Waals surface area contributed by atoms with Crippen LogP contribution in [-0.2, 0) is 9.53 Å². The Labute approximate surface area is 347 Å². The zero-order valence-electron chi connectivity index (χ0n) is 33.3. The van der Waals surface area contributed by atoms with Gasteiger partial charge in [0.05, 0.1) is 41.1 Å². The number of carbonyl (C=O) groups is 4. The van der Waals surface area contributed by atoms with Gasteiger partial charge in [0.25, 0.3) is 11.8 Å². The number of piperazine rings is 1. The van der Waals surface area contributed by atoms with Gasteiger partial charge >= 0.3 is 6.03 Å². The summed E-state index contributed by atoms with van der Waals surface area (Å²) in [5.41, 5.74) is 2.54. The molecule has 4 heterocycles. The Morgan fingerprint density at radius 3 is 2.46 bits per heavy atom. The number of nitriles is 1. The number of imide groups is 1. The summed E-state index contributed by atoms with van der Waals surface area (Å²) in [6.07, 6.45) is 5.27. The van der Waals surface area contributed by atoms with Crippen molar-refractivity contribution in [2.45, 2.75) is 64.1 Å². The van der Waals surface area contributed by atoms with Gasteiger partial charge in [-0.05, 0) is 82.0 Å². The molecule has 0 radical (unpaired) electrons. The van der Waals surface area contributed by atoms with Gasteiger partial charge in [0.2, 0.25) is 5.91 Å². The second-order valence-electron chi connectivity index (χ2n) is 15.3. The van der Waals surface area contributed by atoms with Crippen molar-refractivity contribution in [2.75, 3.05) is 68.8 Å². The maximum absolute atomic E-state index is 13.3. The zero-order chi connectivity index (χ0) is 41.5. The number of halogens is 1. The van der Waals surface area contributed by atoms with Gasteiger partial charge in [0, 0.05) is 87.5 Å². The molecule has 59 heavy (non-hydrogen) atoms. The van der Waals surface area contributed by atoms with Crippen LogP contribution in [0.25, 0.3) is 10.9 Å². The third-order valence-corrected chi connectivity index (χ3v) is 11.3. The van der Waals surface area contributed by atoms with Crippen LogP contribution in [0.5, 0.6) is 5.75 Å². The molecule has 0 spiro atoms. The van der Waals surface area contributed by atoms with E-state index >= 15 is 0 Å². The number of rotatable bonds is 14. The minimum absolute atomic E-state index is 0.0140. The summed E-state index contributed by atoms with van der Waals surface area (Å²) in [6.45, 7) is 9.44. The van der Waals surface area contributed by atoms with E-state index in [-0.39, 0.29) is 54.6 Å². The van der Waals surface area contributed by atoms with E-state index in [1.807, 2.05) is 30.5 Å². The Hall–Kier alpha value is -5.76. The molecule has 1 aliphatic carbocycles. The molecule has 2 aromatic carbocycles. The first-order valence-corrected chi connectivity index (χ1v) is 20.5.